The maximum Gasteiger partial charge on any atom is 0.329 e. The van der Waals surface area contributed by atoms with Crippen LogP contribution < -0.4 is 5.69 Å². The maximum atomic E-state index is 11.9. The fraction of sp³-hybridized carbons (Fsp3) is 0.312. The van der Waals surface area contributed by atoms with Gasteiger partial charge in [-0.3, -0.25) is 14.1 Å². The quantitative estimate of drug-likeness (QED) is 0.690. The molecule has 3 rings (SSSR count). The number of hydrogen-bond donors (Lipinski definition) is 0. The standard InChI is InChI=1S/C14H14N4O.C2H6/c1-9-4-5-15-11(6-9)10-7-12-13(16-8-10)18(3)14(19)17(12)2;1-2/h4-8H,1-3H3;1-2H3. The van der Waals surface area contributed by atoms with Crippen molar-refractivity contribution >= 4 is 11.2 Å². The van der Waals surface area contributed by atoms with Crippen molar-refractivity contribution in [2.45, 2.75) is 20.8 Å². The topological polar surface area (TPSA) is 52.7 Å². The van der Waals surface area contributed by atoms with E-state index in [1.54, 1.807) is 35.6 Å². The molecule has 0 saturated carbocycles. The molecule has 0 radical (unpaired) electrons. The molecule has 0 aliphatic heterocycles. The molecule has 0 unspecified atom stereocenters. The van der Waals surface area contributed by atoms with Gasteiger partial charge in [0.1, 0.15) is 0 Å². The molecule has 5 nitrogen and oxygen atoms in total. The van der Waals surface area contributed by atoms with E-state index < -0.39 is 0 Å². The van der Waals surface area contributed by atoms with Gasteiger partial charge in [0, 0.05) is 32.1 Å². The number of rotatable bonds is 1. The van der Waals surface area contributed by atoms with E-state index in [-0.39, 0.29) is 5.69 Å². The summed E-state index contributed by atoms with van der Waals surface area (Å²) in [6, 6.07) is 5.91. The molecule has 0 spiro atoms. The van der Waals surface area contributed by atoms with Crippen molar-refractivity contribution in [3.05, 3.63) is 46.6 Å². The number of pyridine rings is 2. The van der Waals surface area contributed by atoms with Gasteiger partial charge in [-0.2, -0.15) is 0 Å². The summed E-state index contributed by atoms with van der Waals surface area (Å²) in [5.41, 5.74) is 4.35. The predicted octanol–water partition coefficient (Wildman–Crippen LogP) is 2.67. The molecule has 21 heavy (non-hydrogen) atoms. The molecule has 0 amide bonds. The van der Waals surface area contributed by atoms with E-state index in [4.69, 9.17) is 0 Å². The molecule has 3 aromatic rings. The summed E-state index contributed by atoms with van der Waals surface area (Å²) in [5, 5.41) is 0. The molecule has 0 N–H and O–H groups in total. The Hall–Kier alpha value is -2.43. The van der Waals surface area contributed by atoms with Gasteiger partial charge in [-0.1, -0.05) is 13.8 Å². The Morgan fingerprint density at radius 1 is 1.05 bits per heavy atom. The first-order valence-corrected chi connectivity index (χ1v) is 7.02. The third-order valence-corrected chi connectivity index (χ3v) is 3.31. The molecule has 0 aromatic carbocycles. The molecule has 3 heterocycles. The van der Waals surface area contributed by atoms with Crippen LogP contribution in [0.25, 0.3) is 22.4 Å². The smallest absolute Gasteiger partial charge is 0.293 e. The van der Waals surface area contributed by atoms with E-state index in [1.165, 1.54) is 0 Å². The van der Waals surface area contributed by atoms with Gasteiger partial charge in [0.25, 0.3) is 0 Å². The highest BCUT2D eigenvalue weighted by atomic mass is 16.1. The molecule has 0 bridgehead atoms. The van der Waals surface area contributed by atoms with Crippen LogP contribution in [0.1, 0.15) is 19.4 Å². The molecule has 0 aliphatic rings. The lowest BCUT2D eigenvalue weighted by atomic mass is 10.1. The molecule has 0 aliphatic carbocycles. The van der Waals surface area contributed by atoms with Gasteiger partial charge in [0.2, 0.25) is 0 Å². The van der Waals surface area contributed by atoms with E-state index in [1.807, 2.05) is 39.0 Å². The van der Waals surface area contributed by atoms with E-state index >= 15 is 0 Å². The number of aromatic nitrogens is 4. The summed E-state index contributed by atoms with van der Waals surface area (Å²) in [4.78, 5) is 20.6. The Bertz CT molecular complexity index is 830. The third-order valence-electron chi connectivity index (χ3n) is 3.31. The highest BCUT2D eigenvalue weighted by Crippen LogP contribution is 2.20. The van der Waals surface area contributed by atoms with Crippen LogP contribution in [0.15, 0.2) is 35.4 Å². The van der Waals surface area contributed by atoms with Gasteiger partial charge in [0.05, 0.1) is 11.2 Å². The summed E-state index contributed by atoms with van der Waals surface area (Å²) < 4.78 is 3.14. The largest absolute Gasteiger partial charge is 0.329 e. The highest BCUT2D eigenvalue weighted by molar-refractivity contribution is 5.77. The van der Waals surface area contributed by atoms with Gasteiger partial charge in [-0.25, -0.2) is 9.78 Å². The van der Waals surface area contributed by atoms with Gasteiger partial charge in [-0.15, -0.1) is 0 Å². The summed E-state index contributed by atoms with van der Waals surface area (Å²) in [7, 11) is 3.47. The van der Waals surface area contributed by atoms with Crippen molar-refractivity contribution in [1.29, 1.82) is 0 Å². The van der Waals surface area contributed by atoms with E-state index in [9.17, 15) is 4.79 Å². The van der Waals surface area contributed by atoms with Crippen LogP contribution in [-0.4, -0.2) is 19.1 Å². The van der Waals surface area contributed by atoms with Crippen molar-refractivity contribution in [3.63, 3.8) is 0 Å². The first-order valence-electron chi connectivity index (χ1n) is 7.02. The van der Waals surface area contributed by atoms with Crippen LogP contribution in [-0.2, 0) is 14.1 Å². The minimum atomic E-state index is -0.0724. The van der Waals surface area contributed by atoms with Crippen LogP contribution in [0.3, 0.4) is 0 Å². The summed E-state index contributed by atoms with van der Waals surface area (Å²) >= 11 is 0. The zero-order valence-corrected chi connectivity index (χ0v) is 13.1. The number of fused-ring (bicyclic) bond motifs is 1. The maximum absolute atomic E-state index is 11.9. The Balaban J connectivity index is 0.000000774. The monoisotopic (exact) mass is 284 g/mol. The lowest BCUT2D eigenvalue weighted by molar-refractivity contribution is 0.791. The predicted molar refractivity (Wildman–Crippen MR) is 85.3 cm³/mol. The molecular weight excluding hydrogens is 264 g/mol. The number of nitrogens with zero attached hydrogens (tertiary/aromatic N) is 4. The van der Waals surface area contributed by atoms with Gasteiger partial charge < -0.3 is 0 Å². The summed E-state index contributed by atoms with van der Waals surface area (Å²) in [6.45, 7) is 6.02. The van der Waals surface area contributed by atoms with E-state index in [0.29, 0.717) is 5.65 Å². The van der Waals surface area contributed by atoms with Gasteiger partial charge in [0.15, 0.2) is 5.65 Å². The van der Waals surface area contributed by atoms with Crippen LogP contribution in [0.4, 0.5) is 0 Å². The van der Waals surface area contributed by atoms with E-state index in [2.05, 4.69) is 9.97 Å². The van der Waals surface area contributed by atoms with Gasteiger partial charge >= 0.3 is 5.69 Å². The van der Waals surface area contributed by atoms with Crippen LogP contribution in [0.5, 0.6) is 0 Å². The molecule has 0 saturated heterocycles. The first kappa shape index (κ1) is 15.0. The summed E-state index contributed by atoms with van der Waals surface area (Å²) in [5.74, 6) is 0. The van der Waals surface area contributed by atoms with E-state index in [0.717, 1.165) is 22.3 Å². The lowest BCUT2D eigenvalue weighted by Gasteiger charge is -2.02. The number of aryl methyl sites for hydroxylation is 3. The van der Waals surface area contributed by atoms with Crippen molar-refractivity contribution in [2.24, 2.45) is 14.1 Å². The average molecular weight is 284 g/mol. The molecule has 0 atom stereocenters. The molecule has 0 fully saturated rings. The second kappa shape index (κ2) is 5.91. The molecular formula is C16H20N4O. The second-order valence-electron chi connectivity index (χ2n) is 4.69. The van der Waals surface area contributed by atoms with Crippen LogP contribution >= 0.6 is 0 Å². The molecule has 5 heteroatoms. The van der Waals surface area contributed by atoms with Crippen molar-refractivity contribution in [3.8, 4) is 11.3 Å². The number of hydrogen-bond acceptors (Lipinski definition) is 3. The van der Waals surface area contributed by atoms with Crippen LogP contribution in [0, 0.1) is 6.92 Å². The fourth-order valence-corrected chi connectivity index (χ4v) is 2.20. The SMILES string of the molecule is CC.Cc1ccnc(-c2cnc3c(c2)n(C)c(=O)n3C)c1. The van der Waals surface area contributed by atoms with Gasteiger partial charge in [-0.05, 0) is 30.7 Å². The normalized spacial score (nSPS) is 10.3. The van der Waals surface area contributed by atoms with Crippen molar-refractivity contribution < 1.29 is 0 Å². The minimum absolute atomic E-state index is 0.0724. The number of imidazole rings is 1. The Morgan fingerprint density at radius 2 is 1.76 bits per heavy atom. The Morgan fingerprint density at radius 3 is 2.43 bits per heavy atom. The molecule has 110 valence electrons. The Labute approximate surface area is 123 Å². The lowest BCUT2D eigenvalue weighted by Crippen LogP contribution is -2.19. The highest BCUT2D eigenvalue weighted by Gasteiger charge is 2.10. The van der Waals surface area contributed by atoms with Crippen LogP contribution in [0.2, 0.25) is 0 Å². The third kappa shape index (κ3) is 2.59. The van der Waals surface area contributed by atoms with Crippen molar-refractivity contribution in [1.82, 2.24) is 19.1 Å². The minimum Gasteiger partial charge on any atom is -0.293 e. The second-order valence-corrected chi connectivity index (χ2v) is 4.69. The zero-order chi connectivity index (χ0) is 15.6. The first-order chi connectivity index (χ1) is 10.1. The zero-order valence-electron chi connectivity index (χ0n) is 13.1. The molecule has 3 aromatic heterocycles. The summed E-state index contributed by atoms with van der Waals surface area (Å²) in [6.07, 6.45) is 3.53. The fourth-order valence-electron chi connectivity index (χ4n) is 2.20. The Kier molecular flexibility index (Phi) is 4.21. The van der Waals surface area contributed by atoms with Crippen molar-refractivity contribution in [2.75, 3.05) is 0 Å². The average Bonchev–Trinajstić information content (AvgIpc) is 2.74.